The van der Waals surface area contributed by atoms with E-state index < -0.39 is 0 Å². The smallest absolute Gasteiger partial charge is 0.163 e. The number of piperidine rings is 1. The van der Waals surface area contributed by atoms with Crippen molar-refractivity contribution in [3.05, 3.63) is 42.7 Å². The molecule has 6 nitrogen and oxygen atoms in total. The van der Waals surface area contributed by atoms with Gasteiger partial charge in [0.25, 0.3) is 0 Å². The van der Waals surface area contributed by atoms with Crippen molar-refractivity contribution in [2.45, 2.75) is 36.1 Å². The SMILES string of the molecule is CCC1CCN(CCOc2cc3ncnc(Sc4cccc(N)c4)c3cc2OC)CC1. The lowest BCUT2D eigenvalue weighted by Gasteiger charge is -2.31. The van der Waals surface area contributed by atoms with E-state index in [2.05, 4.69) is 21.8 Å². The van der Waals surface area contributed by atoms with Crippen molar-refractivity contribution >= 4 is 28.4 Å². The van der Waals surface area contributed by atoms with Gasteiger partial charge in [-0.1, -0.05) is 31.2 Å². The Hall–Kier alpha value is -2.51. The molecule has 0 unspecified atom stereocenters. The van der Waals surface area contributed by atoms with E-state index >= 15 is 0 Å². The standard InChI is InChI=1S/C24H30N4O2S/c1-3-17-7-9-28(10-8-17)11-12-30-23-15-21-20(14-22(23)29-2)24(27-16-26-21)31-19-6-4-5-18(25)13-19/h4-6,13-17H,3,7-12,25H2,1-2H3. The first-order valence-electron chi connectivity index (χ1n) is 10.9. The van der Waals surface area contributed by atoms with E-state index in [0.717, 1.165) is 57.8 Å². The number of likely N-dealkylation sites (tertiary alicyclic amines) is 1. The molecule has 1 fully saturated rings. The largest absolute Gasteiger partial charge is 0.493 e. The zero-order valence-corrected chi connectivity index (χ0v) is 19.0. The van der Waals surface area contributed by atoms with Crippen LogP contribution < -0.4 is 15.2 Å². The van der Waals surface area contributed by atoms with E-state index in [1.54, 1.807) is 25.2 Å². The first kappa shape index (κ1) is 21.7. The van der Waals surface area contributed by atoms with Gasteiger partial charge in [0.15, 0.2) is 11.5 Å². The van der Waals surface area contributed by atoms with Gasteiger partial charge in [0, 0.05) is 28.6 Å². The van der Waals surface area contributed by atoms with E-state index in [1.165, 1.54) is 19.3 Å². The summed E-state index contributed by atoms with van der Waals surface area (Å²) in [7, 11) is 1.66. The molecule has 1 aliphatic heterocycles. The highest BCUT2D eigenvalue weighted by molar-refractivity contribution is 7.99. The van der Waals surface area contributed by atoms with Gasteiger partial charge in [0.2, 0.25) is 0 Å². The molecule has 4 rings (SSSR count). The topological polar surface area (TPSA) is 73.5 Å². The molecule has 0 amide bonds. The van der Waals surface area contributed by atoms with Crippen molar-refractivity contribution in [2.24, 2.45) is 5.92 Å². The number of methoxy groups -OCH3 is 1. The van der Waals surface area contributed by atoms with Crippen LogP contribution in [0.2, 0.25) is 0 Å². The number of ether oxygens (including phenoxy) is 2. The van der Waals surface area contributed by atoms with Crippen molar-refractivity contribution in [3.8, 4) is 11.5 Å². The van der Waals surface area contributed by atoms with Crippen molar-refractivity contribution in [2.75, 3.05) is 39.1 Å². The highest BCUT2D eigenvalue weighted by Gasteiger charge is 2.18. The van der Waals surface area contributed by atoms with Crippen molar-refractivity contribution < 1.29 is 9.47 Å². The van der Waals surface area contributed by atoms with Gasteiger partial charge >= 0.3 is 0 Å². The van der Waals surface area contributed by atoms with Gasteiger partial charge in [-0.05, 0) is 56.1 Å². The second kappa shape index (κ2) is 10.2. The number of anilines is 1. The Balaban J connectivity index is 1.47. The van der Waals surface area contributed by atoms with Gasteiger partial charge in [-0.25, -0.2) is 9.97 Å². The summed E-state index contributed by atoms with van der Waals surface area (Å²) >= 11 is 1.56. The van der Waals surface area contributed by atoms with Crippen LogP contribution in [0.5, 0.6) is 11.5 Å². The maximum Gasteiger partial charge on any atom is 0.163 e. The predicted molar refractivity (Wildman–Crippen MR) is 126 cm³/mol. The Labute approximate surface area is 188 Å². The van der Waals surface area contributed by atoms with Crippen molar-refractivity contribution in [1.82, 2.24) is 14.9 Å². The lowest BCUT2D eigenvalue weighted by Crippen LogP contribution is -2.36. The van der Waals surface area contributed by atoms with Crippen LogP contribution in [0.1, 0.15) is 26.2 Å². The summed E-state index contributed by atoms with van der Waals surface area (Å²) < 4.78 is 11.7. The normalized spacial score (nSPS) is 15.3. The molecule has 2 N–H and O–H groups in total. The molecule has 0 radical (unpaired) electrons. The van der Waals surface area contributed by atoms with Crippen LogP contribution in [0.15, 0.2) is 52.6 Å². The minimum atomic E-state index is 0.634. The van der Waals surface area contributed by atoms with E-state index in [-0.39, 0.29) is 0 Å². The molecule has 1 aliphatic rings. The number of hydrogen-bond donors (Lipinski definition) is 1. The number of nitrogens with zero attached hydrogens (tertiary/aromatic N) is 3. The predicted octanol–water partition coefficient (Wildman–Crippen LogP) is 4.87. The fourth-order valence-corrected chi connectivity index (χ4v) is 4.92. The van der Waals surface area contributed by atoms with Gasteiger partial charge in [-0.2, -0.15) is 0 Å². The highest BCUT2D eigenvalue weighted by Crippen LogP contribution is 2.37. The Kier molecular flexibility index (Phi) is 7.14. The van der Waals surface area contributed by atoms with Crippen molar-refractivity contribution in [3.63, 3.8) is 0 Å². The van der Waals surface area contributed by atoms with E-state index in [4.69, 9.17) is 15.2 Å². The Morgan fingerprint density at radius 1 is 1.13 bits per heavy atom. The molecule has 7 heteroatoms. The van der Waals surface area contributed by atoms with Crippen LogP contribution in [0, 0.1) is 5.92 Å². The monoisotopic (exact) mass is 438 g/mol. The molecule has 0 spiro atoms. The number of nitrogen functional groups attached to an aromatic ring is 1. The molecule has 0 saturated carbocycles. The number of aromatic nitrogens is 2. The Bertz CT molecular complexity index is 1020. The molecule has 2 aromatic carbocycles. The van der Waals surface area contributed by atoms with Gasteiger partial charge in [-0.15, -0.1) is 0 Å². The number of nitrogens with two attached hydrogens (primary N) is 1. The average Bonchev–Trinajstić information content (AvgIpc) is 2.79. The lowest BCUT2D eigenvalue weighted by atomic mass is 9.94. The molecule has 2 heterocycles. The fraction of sp³-hybridized carbons (Fsp3) is 0.417. The first-order chi connectivity index (χ1) is 15.2. The lowest BCUT2D eigenvalue weighted by molar-refractivity contribution is 0.152. The molecule has 1 aromatic heterocycles. The molecule has 0 bridgehead atoms. The minimum absolute atomic E-state index is 0.634. The molecule has 1 saturated heterocycles. The minimum Gasteiger partial charge on any atom is -0.493 e. The average molecular weight is 439 g/mol. The van der Waals surface area contributed by atoms with Crippen LogP contribution in [0.4, 0.5) is 5.69 Å². The summed E-state index contributed by atoms with van der Waals surface area (Å²) in [4.78, 5) is 12.5. The van der Waals surface area contributed by atoms with Crippen LogP contribution in [-0.2, 0) is 0 Å². The van der Waals surface area contributed by atoms with Gasteiger partial charge in [-0.3, -0.25) is 4.90 Å². The second-order valence-corrected chi connectivity index (χ2v) is 8.98. The summed E-state index contributed by atoms with van der Waals surface area (Å²) in [5.41, 5.74) is 7.48. The van der Waals surface area contributed by atoms with Crippen LogP contribution >= 0.6 is 11.8 Å². The van der Waals surface area contributed by atoms with E-state index in [1.807, 2.05) is 36.4 Å². The third kappa shape index (κ3) is 5.40. The van der Waals surface area contributed by atoms with Crippen LogP contribution in [0.25, 0.3) is 10.9 Å². The number of hydrogen-bond acceptors (Lipinski definition) is 7. The molecular formula is C24H30N4O2S. The Morgan fingerprint density at radius 2 is 1.97 bits per heavy atom. The van der Waals surface area contributed by atoms with Gasteiger partial charge < -0.3 is 15.2 Å². The van der Waals surface area contributed by atoms with E-state index in [0.29, 0.717) is 12.4 Å². The third-order valence-corrected chi connectivity index (χ3v) is 6.91. The molecule has 3 aromatic rings. The van der Waals surface area contributed by atoms with Crippen LogP contribution in [0.3, 0.4) is 0 Å². The summed E-state index contributed by atoms with van der Waals surface area (Å²) in [5.74, 6) is 2.30. The number of rotatable bonds is 8. The van der Waals surface area contributed by atoms with E-state index in [9.17, 15) is 0 Å². The summed E-state index contributed by atoms with van der Waals surface area (Å²) in [6.07, 6.45) is 5.46. The molecule has 0 aliphatic carbocycles. The zero-order valence-electron chi connectivity index (χ0n) is 18.2. The maximum atomic E-state index is 6.12. The third-order valence-electron chi connectivity index (χ3n) is 5.91. The highest BCUT2D eigenvalue weighted by atomic mass is 32.2. The maximum absolute atomic E-state index is 6.12. The molecular weight excluding hydrogens is 408 g/mol. The van der Waals surface area contributed by atoms with Crippen LogP contribution in [-0.4, -0.2) is 48.2 Å². The Morgan fingerprint density at radius 3 is 2.71 bits per heavy atom. The zero-order chi connectivity index (χ0) is 21.6. The molecule has 0 atom stereocenters. The first-order valence-corrected chi connectivity index (χ1v) is 11.7. The summed E-state index contributed by atoms with van der Waals surface area (Å²) in [6, 6.07) is 11.7. The van der Waals surface area contributed by atoms with Crippen molar-refractivity contribution in [1.29, 1.82) is 0 Å². The molecule has 31 heavy (non-hydrogen) atoms. The summed E-state index contributed by atoms with van der Waals surface area (Å²) in [5, 5.41) is 1.79. The fourth-order valence-electron chi connectivity index (χ4n) is 3.99. The number of fused-ring (bicyclic) bond motifs is 1. The quantitative estimate of drug-likeness (QED) is 0.397. The molecule has 164 valence electrons. The summed E-state index contributed by atoms with van der Waals surface area (Å²) in [6.45, 7) is 6.17. The second-order valence-electron chi connectivity index (χ2n) is 7.92. The van der Waals surface area contributed by atoms with Gasteiger partial charge in [0.1, 0.15) is 18.0 Å². The van der Waals surface area contributed by atoms with Gasteiger partial charge in [0.05, 0.1) is 12.6 Å². The number of benzene rings is 2.